The van der Waals surface area contributed by atoms with Crippen LogP contribution in [0.1, 0.15) is 24.2 Å². The van der Waals surface area contributed by atoms with Crippen molar-refractivity contribution in [1.29, 1.82) is 0 Å². The average molecular weight is 455 g/mol. The number of pyridine rings is 1. The van der Waals surface area contributed by atoms with Crippen molar-refractivity contribution in [3.63, 3.8) is 0 Å². The normalized spacial score (nSPS) is 10.3. The number of amides is 1. The third-order valence-corrected chi connectivity index (χ3v) is 4.70. The highest BCUT2D eigenvalue weighted by Gasteiger charge is 2.16. The molecule has 0 saturated heterocycles. The van der Waals surface area contributed by atoms with E-state index in [1.807, 2.05) is 12.1 Å². The zero-order valence-electron chi connectivity index (χ0n) is 14.8. The van der Waals surface area contributed by atoms with Crippen molar-refractivity contribution in [1.82, 2.24) is 4.98 Å². The number of nitrogens with one attached hydrogen (secondary N) is 1. The summed E-state index contributed by atoms with van der Waals surface area (Å²) < 4.78 is 11.3. The fraction of sp³-hybridized carbons (Fsp3) is 0.333. The molecule has 0 bridgehead atoms. The lowest BCUT2D eigenvalue weighted by atomic mass is 10.2. The molecule has 1 N–H and O–H groups in total. The van der Waals surface area contributed by atoms with E-state index in [1.54, 1.807) is 32.5 Å². The van der Waals surface area contributed by atoms with E-state index in [9.17, 15) is 4.79 Å². The number of hydrogen-bond acceptors (Lipinski definition) is 5. The largest absolute Gasteiger partial charge is 0.493 e. The van der Waals surface area contributed by atoms with Crippen LogP contribution in [0.25, 0.3) is 0 Å². The molecule has 0 unspecified atom stereocenters. The van der Waals surface area contributed by atoms with Crippen molar-refractivity contribution in [2.75, 3.05) is 37.5 Å². The number of rotatable bonds is 7. The average Bonchev–Trinajstić information content (AvgIpc) is 2.63. The van der Waals surface area contributed by atoms with Gasteiger partial charge in [0.25, 0.3) is 5.91 Å². The number of carbonyl (C=O) groups is 1. The summed E-state index contributed by atoms with van der Waals surface area (Å²) in [6, 6.07) is 7.21. The van der Waals surface area contributed by atoms with Crippen LogP contribution in [0.4, 0.5) is 11.5 Å². The van der Waals surface area contributed by atoms with Crippen molar-refractivity contribution in [3.05, 3.63) is 39.6 Å². The molecule has 0 atom stereocenters. The molecule has 0 spiro atoms. The second-order valence-electron chi connectivity index (χ2n) is 5.22. The number of anilines is 2. The van der Waals surface area contributed by atoms with E-state index >= 15 is 0 Å². The maximum absolute atomic E-state index is 12.6. The van der Waals surface area contributed by atoms with E-state index in [0.29, 0.717) is 22.7 Å². The topological polar surface area (TPSA) is 63.7 Å². The van der Waals surface area contributed by atoms with Gasteiger partial charge in [0, 0.05) is 16.7 Å². The molecule has 0 saturated carbocycles. The molecule has 0 radical (unpaired) electrons. The third-order valence-electron chi connectivity index (χ3n) is 3.81. The first-order valence-corrected chi connectivity index (χ1v) is 9.05. The predicted molar refractivity (Wildman–Crippen MR) is 108 cm³/mol. The molecule has 0 aliphatic carbocycles. The molecule has 1 aromatic heterocycles. The first-order chi connectivity index (χ1) is 12.0. The molecule has 0 aliphatic heterocycles. The maximum atomic E-state index is 12.6. The molecule has 1 amide bonds. The number of hydrogen-bond donors (Lipinski definition) is 1. The van der Waals surface area contributed by atoms with Gasteiger partial charge >= 0.3 is 0 Å². The third kappa shape index (κ3) is 4.53. The Hall–Kier alpha value is -2.03. The molecule has 0 fully saturated rings. The van der Waals surface area contributed by atoms with Gasteiger partial charge in [-0.1, -0.05) is 0 Å². The Bertz CT molecular complexity index is 731. The van der Waals surface area contributed by atoms with E-state index in [1.165, 1.54) is 0 Å². The SMILES string of the molecule is CCN(CC)c1ccc(NC(=O)c2cc(OC)c(OC)cc2I)cn1. The molecule has 1 aromatic carbocycles. The predicted octanol–water partition coefficient (Wildman–Crippen LogP) is 3.80. The van der Waals surface area contributed by atoms with Crippen molar-refractivity contribution in [2.24, 2.45) is 0 Å². The number of nitrogens with zero attached hydrogens (tertiary/aromatic N) is 2. The minimum absolute atomic E-state index is 0.220. The van der Waals surface area contributed by atoms with Crippen LogP contribution in [-0.2, 0) is 0 Å². The lowest BCUT2D eigenvalue weighted by Gasteiger charge is -2.19. The van der Waals surface area contributed by atoms with Gasteiger partial charge in [-0.3, -0.25) is 4.79 Å². The first-order valence-electron chi connectivity index (χ1n) is 7.97. The van der Waals surface area contributed by atoms with Crippen LogP contribution < -0.4 is 19.7 Å². The number of ether oxygens (including phenoxy) is 2. The van der Waals surface area contributed by atoms with Gasteiger partial charge in [0.15, 0.2) is 11.5 Å². The van der Waals surface area contributed by atoms with Gasteiger partial charge in [-0.2, -0.15) is 0 Å². The number of methoxy groups -OCH3 is 2. The van der Waals surface area contributed by atoms with E-state index in [-0.39, 0.29) is 5.91 Å². The summed E-state index contributed by atoms with van der Waals surface area (Å²) in [5, 5.41) is 2.87. The highest BCUT2D eigenvalue weighted by Crippen LogP contribution is 2.31. The molecule has 6 nitrogen and oxygen atoms in total. The Morgan fingerprint density at radius 2 is 1.80 bits per heavy atom. The monoisotopic (exact) mass is 455 g/mol. The minimum atomic E-state index is -0.220. The number of aromatic nitrogens is 1. The quantitative estimate of drug-likeness (QED) is 0.644. The lowest BCUT2D eigenvalue weighted by Crippen LogP contribution is -2.23. The summed E-state index contributed by atoms with van der Waals surface area (Å²) in [5.74, 6) is 1.78. The van der Waals surface area contributed by atoms with Crippen LogP contribution in [0.15, 0.2) is 30.5 Å². The van der Waals surface area contributed by atoms with E-state index in [4.69, 9.17) is 9.47 Å². The fourth-order valence-electron chi connectivity index (χ4n) is 2.42. The van der Waals surface area contributed by atoms with E-state index in [2.05, 4.69) is 51.6 Å². The second-order valence-corrected chi connectivity index (χ2v) is 6.38. The summed E-state index contributed by atoms with van der Waals surface area (Å²) in [6.07, 6.45) is 1.67. The van der Waals surface area contributed by atoms with E-state index in [0.717, 1.165) is 22.5 Å². The molecule has 134 valence electrons. The van der Waals surface area contributed by atoms with Gasteiger partial charge in [0.05, 0.1) is 31.7 Å². The number of carbonyl (C=O) groups excluding carboxylic acids is 1. The zero-order chi connectivity index (χ0) is 18.4. The summed E-state index contributed by atoms with van der Waals surface area (Å²) in [5.41, 5.74) is 1.16. The summed E-state index contributed by atoms with van der Waals surface area (Å²) >= 11 is 2.11. The standard InChI is InChI=1S/C18H22IN3O3/c1-5-22(6-2)17-8-7-12(11-20-17)21-18(23)13-9-15(24-3)16(25-4)10-14(13)19/h7-11H,5-6H2,1-4H3,(H,21,23). The second kappa shape index (κ2) is 8.89. The molecule has 25 heavy (non-hydrogen) atoms. The summed E-state index contributed by atoms with van der Waals surface area (Å²) in [7, 11) is 3.11. The van der Waals surface area contributed by atoms with Crippen LogP contribution in [0, 0.1) is 3.57 Å². The Morgan fingerprint density at radius 3 is 2.32 bits per heavy atom. The van der Waals surface area contributed by atoms with Crippen LogP contribution in [0.3, 0.4) is 0 Å². The van der Waals surface area contributed by atoms with Crippen LogP contribution in [0.5, 0.6) is 11.5 Å². The molecule has 2 aromatic rings. The first kappa shape index (κ1) is 19.3. The lowest BCUT2D eigenvalue weighted by molar-refractivity contribution is 0.102. The Morgan fingerprint density at radius 1 is 1.16 bits per heavy atom. The van der Waals surface area contributed by atoms with Crippen LogP contribution in [-0.4, -0.2) is 38.2 Å². The molecular weight excluding hydrogens is 433 g/mol. The van der Waals surface area contributed by atoms with Gasteiger partial charge in [0.1, 0.15) is 5.82 Å². The molecule has 7 heteroatoms. The van der Waals surface area contributed by atoms with E-state index < -0.39 is 0 Å². The van der Waals surface area contributed by atoms with Gasteiger partial charge in [-0.25, -0.2) is 4.98 Å². The van der Waals surface area contributed by atoms with Crippen molar-refractivity contribution < 1.29 is 14.3 Å². The van der Waals surface area contributed by atoms with Crippen LogP contribution in [0.2, 0.25) is 0 Å². The van der Waals surface area contributed by atoms with Crippen molar-refractivity contribution in [2.45, 2.75) is 13.8 Å². The van der Waals surface area contributed by atoms with Gasteiger partial charge in [-0.05, 0) is 60.7 Å². The number of benzene rings is 1. The Kier molecular flexibility index (Phi) is 6.86. The fourth-order valence-corrected chi connectivity index (χ4v) is 3.10. The smallest absolute Gasteiger partial charge is 0.256 e. The highest BCUT2D eigenvalue weighted by atomic mass is 127. The number of halogens is 1. The van der Waals surface area contributed by atoms with Gasteiger partial charge in [0.2, 0.25) is 0 Å². The summed E-state index contributed by atoms with van der Waals surface area (Å²) in [4.78, 5) is 19.1. The molecular formula is C18H22IN3O3. The minimum Gasteiger partial charge on any atom is -0.493 e. The van der Waals surface area contributed by atoms with Gasteiger partial charge < -0.3 is 19.7 Å². The summed E-state index contributed by atoms with van der Waals surface area (Å²) in [6.45, 7) is 5.94. The molecule has 0 aliphatic rings. The van der Waals surface area contributed by atoms with Crippen LogP contribution >= 0.6 is 22.6 Å². The van der Waals surface area contributed by atoms with Crippen molar-refractivity contribution in [3.8, 4) is 11.5 Å². The Labute approximate surface area is 161 Å². The highest BCUT2D eigenvalue weighted by molar-refractivity contribution is 14.1. The molecule has 1 heterocycles. The zero-order valence-corrected chi connectivity index (χ0v) is 17.0. The maximum Gasteiger partial charge on any atom is 0.256 e. The van der Waals surface area contributed by atoms with Crippen molar-refractivity contribution >= 4 is 40.0 Å². The van der Waals surface area contributed by atoms with Gasteiger partial charge in [-0.15, -0.1) is 0 Å². The molecule has 2 rings (SSSR count). The Balaban J connectivity index is 2.19.